The summed E-state index contributed by atoms with van der Waals surface area (Å²) < 4.78 is 0. The van der Waals surface area contributed by atoms with Crippen LogP contribution < -0.4 is 4.90 Å². The predicted molar refractivity (Wildman–Crippen MR) is 158 cm³/mol. The first kappa shape index (κ1) is 23.4. The van der Waals surface area contributed by atoms with E-state index in [1.54, 1.807) is 0 Å². The molecule has 7 rings (SSSR count). The Kier molecular flexibility index (Phi) is 4.87. The lowest BCUT2D eigenvalue weighted by atomic mass is 9.83. The highest BCUT2D eigenvalue weighted by molar-refractivity contribution is 6.42. The molecular formula is C35H26N2O2. The van der Waals surface area contributed by atoms with Crippen LogP contribution in [0.25, 0.3) is 43.1 Å². The van der Waals surface area contributed by atoms with Gasteiger partial charge in [-0.05, 0) is 73.5 Å². The summed E-state index contributed by atoms with van der Waals surface area (Å²) in [5, 5.41) is 17.3. The zero-order valence-corrected chi connectivity index (χ0v) is 22.3. The van der Waals surface area contributed by atoms with Gasteiger partial charge in [0.2, 0.25) is 0 Å². The number of nitriles is 1. The van der Waals surface area contributed by atoms with Crippen LogP contribution in [0.1, 0.15) is 76.9 Å². The Morgan fingerprint density at radius 1 is 0.590 bits per heavy atom. The molecule has 4 heteroatoms. The summed E-state index contributed by atoms with van der Waals surface area (Å²) in [6, 6.07) is 26.0. The van der Waals surface area contributed by atoms with E-state index in [4.69, 9.17) is 0 Å². The molecule has 0 N–H and O–H groups in total. The molecule has 1 aliphatic rings. The van der Waals surface area contributed by atoms with E-state index >= 15 is 0 Å². The number of nitrogens with zero attached hydrogens (tertiary/aromatic N) is 2. The monoisotopic (exact) mass is 506 g/mol. The van der Waals surface area contributed by atoms with Crippen molar-refractivity contribution in [2.75, 3.05) is 4.90 Å². The van der Waals surface area contributed by atoms with Gasteiger partial charge in [-0.15, -0.1) is 0 Å². The minimum absolute atomic E-state index is 0.145. The van der Waals surface area contributed by atoms with Crippen molar-refractivity contribution < 1.29 is 9.59 Å². The predicted octanol–water partition coefficient (Wildman–Crippen LogP) is 8.66. The molecule has 0 aliphatic carbocycles. The van der Waals surface area contributed by atoms with E-state index in [-0.39, 0.29) is 23.7 Å². The molecule has 4 nitrogen and oxygen atoms in total. The zero-order chi connectivity index (χ0) is 27.2. The van der Waals surface area contributed by atoms with E-state index in [2.05, 4.69) is 39.8 Å². The average molecular weight is 507 g/mol. The van der Waals surface area contributed by atoms with Gasteiger partial charge in [-0.2, -0.15) is 5.26 Å². The lowest BCUT2D eigenvalue weighted by molar-refractivity contribution is 0.0893. The third-order valence-corrected chi connectivity index (χ3v) is 8.34. The molecule has 188 valence electrons. The fraction of sp³-hybridized carbons (Fsp3) is 0.171. The fourth-order valence-corrected chi connectivity index (χ4v) is 6.56. The fourth-order valence-electron chi connectivity index (χ4n) is 6.56. The van der Waals surface area contributed by atoms with Gasteiger partial charge in [-0.3, -0.25) is 9.59 Å². The Balaban J connectivity index is 1.58. The molecule has 0 saturated heterocycles. The first-order valence-corrected chi connectivity index (χ1v) is 13.4. The lowest BCUT2D eigenvalue weighted by Gasteiger charge is -2.32. The smallest absolute Gasteiger partial charge is 0.266 e. The van der Waals surface area contributed by atoms with Crippen LogP contribution in [0.2, 0.25) is 0 Å². The van der Waals surface area contributed by atoms with E-state index in [0.717, 1.165) is 59.9 Å². The number of fused-ring (bicyclic) bond motifs is 2. The molecule has 0 radical (unpaired) electrons. The van der Waals surface area contributed by atoms with Crippen LogP contribution in [0.3, 0.4) is 0 Å². The molecule has 0 aromatic heterocycles. The minimum Gasteiger partial charge on any atom is -0.268 e. The van der Waals surface area contributed by atoms with Gasteiger partial charge in [-0.1, -0.05) is 82.3 Å². The summed E-state index contributed by atoms with van der Waals surface area (Å²) in [6.07, 6.45) is 0. The van der Waals surface area contributed by atoms with E-state index in [9.17, 15) is 14.9 Å². The van der Waals surface area contributed by atoms with Crippen LogP contribution in [0.5, 0.6) is 0 Å². The Morgan fingerprint density at radius 3 is 1.64 bits per heavy atom. The average Bonchev–Trinajstić information content (AvgIpc) is 2.94. The number of rotatable bonds is 3. The highest BCUT2D eigenvalue weighted by Gasteiger charge is 2.37. The van der Waals surface area contributed by atoms with Crippen molar-refractivity contribution in [3.63, 3.8) is 0 Å². The summed E-state index contributed by atoms with van der Waals surface area (Å²) in [5.74, 6) is -0.275. The van der Waals surface area contributed by atoms with Gasteiger partial charge < -0.3 is 0 Å². The van der Waals surface area contributed by atoms with Gasteiger partial charge in [0.05, 0.1) is 17.3 Å². The summed E-state index contributed by atoms with van der Waals surface area (Å²) in [4.78, 5) is 30.0. The van der Waals surface area contributed by atoms with Crippen LogP contribution >= 0.6 is 0 Å². The lowest BCUT2D eigenvalue weighted by Crippen LogP contribution is -2.41. The second-order valence-electron chi connectivity index (χ2n) is 11.1. The Hall–Kier alpha value is -4.75. The maximum atomic E-state index is 14.3. The number of hydrogen-bond donors (Lipinski definition) is 0. The maximum Gasteiger partial charge on any atom is 0.266 e. The molecule has 0 unspecified atom stereocenters. The van der Waals surface area contributed by atoms with Gasteiger partial charge in [-0.25, -0.2) is 4.90 Å². The molecular weight excluding hydrogens is 480 g/mol. The van der Waals surface area contributed by atoms with Crippen LogP contribution in [0.4, 0.5) is 5.69 Å². The third-order valence-electron chi connectivity index (χ3n) is 8.34. The molecule has 6 aromatic carbocycles. The Morgan fingerprint density at radius 2 is 1.08 bits per heavy atom. The van der Waals surface area contributed by atoms with E-state index in [1.807, 2.05) is 66.7 Å². The molecule has 6 aromatic rings. The molecule has 2 amide bonds. The summed E-state index contributed by atoms with van der Waals surface area (Å²) in [5.41, 5.74) is 4.42. The summed E-state index contributed by atoms with van der Waals surface area (Å²) in [7, 11) is 0. The van der Waals surface area contributed by atoms with E-state index in [1.165, 1.54) is 4.90 Å². The van der Waals surface area contributed by atoms with Crippen molar-refractivity contribution in [2.45, 2.75) is 39.5 Å². The van der Waals surface area contributed by atoms with Crippen molar-refractivity contribution in [1.82, 2.24) is 0 Å². The zero-order valence-electron chi connectivity index (χ0n) is 22.3. The quantitative estimate of drug-likeness (QED) is 0.137. The topological polar surface area (TPSA) is 61.2 Å². The summed E-state index contributed by atoms with van der Waals surface area (Å²) >= 11 is 0. The minimum atomic E-state index is -0.282. The highest BCUT2D eigenvalue weighted by Crippen LogP contribution is 2.46. The number of carbonyl (C=O) groups excluding carboxylic acids is 2. The Labute approximate surface area is 226 Å². The number of benzene rings is 6. The molecule has 0 spiro atoms. The van der Waals surface area contributed by atoms with Crippen molar-refractivity contribution in [1.29, 1.82) is 5.26 Å². The third kappa shape index (κ3) is 2.99. The van der Waals surface area contributed by atoms with Crippen LogP contribution in [0, 0.1) is 11.3 Å². The number of imide groups is 1. The second-order valence-corrected chi connectivity index (χ2v) is 11.1. The molecule has 1 heterocycles. The van der Waals surface area contributed by atoms with E-state index < -0.39 is 0 Å². The van der Waals surface area contributed by atoms with Crippen LogP contribution in [-0.4, -0.2) is 11.8 Å². The SMILES string of the molecule is CC(C)c1cccc(C(C)C)c1N1C(=O)c2ccc3c4cccc5c(C#N)ccc(c6ccc(c2c36)C1=O)c54. The van der Waals surface area contributed by atoms with Crippen LogP contribution in [0.15, 0.2) is 72.8 Å². The maximum absolute atomic E-state index is 14.3. The number of carbonyl (C=O) groups is 2. The second kappa shape index (κ2) is 8.12. The van der Waals surface area contributed by atoms with Gasteiger partial charge in [0.1, 0.15) is 0 Å². The molecule has 1 aliphatic heterocycles. The first-order valence-electron chi connectivity index (χ1n) is 13.4. The first-order chi connectivity index (χ1) is 18.8. The van der Waals surface area contributed by atoms with Crippen LogP contribution in [-0.2, 0) is 0 Å². The number of amides is 2. The number of anilines is 1. The van der Waals surface area contributed by atoms with Gasteiger partial charge in [0.25, 0.3) is 11.8 Å². The van der Waals surface area contributed by atoms with Crippen molar-refractivity contribution >= 4 is 60.6 Å². The Bertz CT molecular complexity index is 1980. The largest absolute Gasteiger partial charge is 0.268 e. The van der Waals surface area contributed by atoms with Crippen molar-refractivity contribution in [3.8, 4) is 6.07 Å². The highest BCUT2D eigenvalue weighted by atomic mass is 16.2. The van der Waals surface area contributed by atoms with E-state index in [0.29, 0.717) is 16.7 Å². The van der Waals surface area contributed by atoms with Gasteiger partial charge in [0.15, 0.2) is 0 Å². The molecule has 0 atom stereocenters. The van der Waals surface area contributed by atoms with Crippen molar-refractivity contribution in [2.24, 2.45) is 0 Å². The number of hydrogen-bond acceptors (Lipinski definition) is 3. The molecule has 39 heavy (non-hydrogen) atoms. The van der Waals surface area contributed by atoms with Gasteiger partial charge >= 0.3 is 0 Å². The standard InChI is InChI=1S/C35H26N2O2/c1-18(2)21-7-5-8-22(19(3)4)33(21)37-34(38)28-15-13-26-24-10-6-9-23-20(17-36)11-12-25(30(23)24)27-14-16-29(35(37)39)32(28)31(26)27/h5-16,18-19H,1-4H3. The molecule has 0 saturated carbocycles. The summed E-state index contributed by atoms with van der Waals surface area (Å²) in [6.45, 7) is 8.38. The van der Waals surface area contributed by atoms with Crippen molar-refractivity contribution in [3.05, 3.63) is 101 Å². The number of para-hydroxylation sites is 1. The normalized spacial score (nSPS) is 13.6. The molecule has 0 bridgehead atoms. The molecule has 0 fully saturated rings. The van der Waals surface area contributed by atoms with Gasteiger partial charge in [0, 0.05) is 21.9 Å².